The van der Waals surface area contributed by atoms with Gasteiger partial charge in [0.15, 0.2) is 0 Å². The largest absolute Gasteiger partial charge is 0.421 e. The van der Waals surface area contributed by atoms with Gasteiger partial charge in [-0.2, -0.15) is 0 Å². The van der Waals surface area contributed by atoms with E-state index in [9.17, 15) is 9.46 Å². The second kappa shape index (κ2) is 31.5. The van der Waals surface area contributed by atoms with Crippen LogP contribution in [-0.4, -0.2) is 4.89 Å². The normalized spacial score (nSPS) is 12.6. The smallest absolute Gasteiger partial charge is 0.408 e. The lowest BCUT2D eigenvalue weighted by atomic mass is 9.91. The van der Waals surface area contributed by atoms with Crippen LogP contribution in [0.5, 0.6) is 5.75 Å². The standard InChI is InChI=1S/C54H87O3P/c1-5-9-13-17-21-25-29-33-47-37-41-51(42-38-47)57-58(55,56)54-44-40-49(35-31-27-23-19-15-11-7-3)46-53(54)52-43-39-48(34-30-26-22-18-14-10-6-2)45-50(52)36-32-28-24-20-16-12-8-4/h37-46H,5-36H2,1-4H3,(H,55,56). The fourth-order valence-electron chi connectivity index (χ4n) is 8.51. The molecule has 0 aliphatic rings. The SMILES string of the molecule is CCCCCCCCCc1ccc(OP(=O)(O)c2ccc(CCCCCCCCC)cc2-c2ccc(CCCCCCCCC)cc2CCCCCCCCC)cc1. The molecule has 0 saturated carbocycles. The fraction of sp³-hybridized carbons (Fsp3) is 0.667. The van der Waals surface area contributed by atoms with Gasteiger partial charge in [0.25, 0.3) is 0 Å². The third kappa shape index (κ3) is 20.8. The van der Waals surface area contributed by atoms with Gasteiger partial charge < -0.3 is 9.42 Å². The summed E-state index contributed by atoms with van der Waals surface area (Å²) in [7, 11) is -4.20. The van der Waals surface area contributed by atoms with E-state index >= 15 is 0 Å². The highest BCUT2D eigenvalue weighted by Gasteiger charge is 2.29. The van der Waals surface area contributed by atoms with Crippen LogP contribution in [0.3, 0.4) is 0 Å². The van der Waals surface area contributed by atoms with Crippen LogP contribution in [-0.2, 0) is 30.2 Å². The molecule has 0 bridgehead atoms. The maximum absolute atomic E-state index is 14.4. The van der Waals surface area contributed by atoms with Crippen LogP contribution in [0.1, 0.15) is 230 Å². The first-order chi connectivity index (χ1) is 28.4. The first-order valence-corrected chi connectivity index (χ1v) is 26.4. The Kier molecular flexibility index (Phi) is 27.2. The lowest BCUT2D eigenvalue weighted by molar-refractivity contribution is 0.393. The molecule has 4 heteroatoms. The summed E-state index contributed by atoms with van der Waals surface area (Å²) >= 11 is 0. The molecule has 0 saturated heterocycles. The van der Waals surface area contributed by atoms with Gasteiger partial charge in [-0.05, 0) is 103 Å². The molecule has 1 unspecified atom stereocenters. The molecule has 326 valence electrons. The van der Waals surface area contributed by atoms with Gasteiger partial charge in [0, 0.05) is 0 Å². The Morgan fingerprint density at radius 2 is 0.759 bits per heavy atom. The number of hydrogen-bond donors (Lipinski definition) is 1. The molecule has 0 aromatic heterocycles. The van der Waals surface area contributed by atoms with Crippen molar-refractivity contribution in [1.82, 2.24) is 0 Å². The molecule has 3 rings (SSSR count). The first kappa shape index (κ1) is 50.0. The zero-order valence-corrected chi connectivity index (χ0v) is 39.0. The quantitative estimate of drug-likeness (QED) is 0.0470. The van der Waals surface area contributed by atoms with Crippen LogP contribution in [0.25, 0.3) is 11.1 Å². The van der Waals surface area contributed by atoms with E-state index in [1.54, 1.807) is 0 Å². The molecule has 0 aliphatic heterocycles. The third-order valence-corrected chi connectivity index (χ3v) is 13.7. The zero-order valence-electron chi connectivity index (χ0n) is 38.1. The van der Waals surface area contributed by atoms with Crippen molar-refractivity contribution in [2.75, 3.05) is 0 Å². The number of rotatable bonds is 36. The van der Waals surface area contributed by atoms with Crippen molar-refractivity contribution in [2.45, 2.75) is 233 Å². The van der Waals surface area contributed by atoms with Crippen LogP contribution >= 0.6 is 7.60 Å². The summed E-state index contributed by atoms with van der Waals surface area (Å²) in [5.74, 6) is 0.459. The van der Waals surface area contributed by atoms with Crippen molar-refractivity contribution < 1.29 is 14.0 Å². The highest BCUT2D eigenvalue weighted by Crippen LogP contribution is 2.45. The summed E-state index contributed by atoms with van der Waals surface area (Å²) < 4.78 is 20.5. The van der Waals surface area contributed by atoms with Gasteiger partial charge in [-0.3, -0.25) is 0 Å². The van der Waals surface area contributed by atoms with E-state index in [1.165, 1.54) is 189 Å². The average Bonchev–Trinajstić information content (AvgIpc) is 3.23. The van der Waals surface area contributed by atoms with Gasteiger partial charge >= 0.3 is 7.60 Å². The lowest BCUT2D eigenvalue weighted by Crippen LogP contribution is -2.14. The molecule has 0 fully saturated rings. The van der Waals surface area contributed by atoms with Crippen LogP contribution in [0.15, 0.2) is 60.7 Å². The summed E-state index contributed by atoms with van der Waals surface area (Å²) in [6.45, 7) is 9.10. The molecular formula is C54H87O3P. The van der Waals surface area contributed by atoms with Crippen molar-refractivity contribution in [1.29, 1.82) is 0 Å². The van der Waals surface area contributed by atoms with Gasteiger partial charge in [0.05, 0.1) is 5.30 Å². The Hall–Kier alpha value is -2.35. The fourth-order valence-corrected chi connectivity index (χ4v) is 9.77. The Balaban J connectivity index is 1.84. The van der Waals surface area contributed by atoms with Crippen molar-refractivity contribution in [3.05, 3.63) is 82.9 Å². The minimum atomic E-state index is -4.20. The van der Waals surface area contributed by atoms with E-state index in [-0.39, 0.29) is 0 Å². The Bertz CT molecular complexity index is 1510. The van der Waals surface area contributed by atoms with Gasteiger partial charge in [0.2, 0.25) is 0 Å². The Labute approximate surface area is 358 Å². The van der Waals surface area contributed by atoms with Gasteiger partial charge in [-0.25, -0.2) is 4.57 Å². The number of benzene rings is 3. The summed E-state index contributed by atoms with van der Waals surface area (Å²) in [5, 5.41) is 0.420. The van der Waals surface area contributed by atoms with Crippen molar-refractivity contribution >= 4 is 12.9 Å². The maximum atomic E-state index is 14.4. The molecule has 0 heterocycles. The number of unbranched alkanes of at least 4 members (excludes halogenated alkanes) is 24. The minimum absolute atomic E-state index is 0.420. The summed E-state index contributed by atoms with van der Waals surface area (Å²) in [6.07, 6.45) is 40.2. The van der Waals surface area contributed by atoms with Crippen LogP contribution in [0, 0.1) is 0 Å². The highest BCUT2D eigenvalue weighted by molar-refractivity contribution is 7.62. The van der Waals surface area contributed by atoms with Gasteiger partial charge in [0.1, 0.15) is 5.75 Å². The molecule has 1 N–H and O–H groups in total. The molecule has 3 nitrogen and oxygen atoms in total. The lowest BCUT2D eigenvalue weighted by Gasteiger charge is -2.21. The predicted molar refractivity (Wildman–Crippen MR) is 255 cm³/mol. The highest BCUT2D eigenvalue weighted by atomic mass is 31.2. The summed E-state index contributed by atoms with van der Waals surface area (Å²) in [5.41, 5.74) is 7.21. The molecule has 0 amide bonds. The molecule has 0 spiro atoms. The minimum Gasteiger partial charge on any atom is -0.421 e. The summed E-state index contributed by atoms with van der Waals surface area (Å²) in [4.78, 5) is 11.8. The van der Waals surface area contributed by atoms with E-state index in [0.29, 0.717) is 11.1 Å². The van der Waals surface area contributed by atoms with E-state index in [4.69, 9.17) is 4.52 Å². The molecule has 58 heavy (non-hydrogen) atoms. The van der Waals surface area contributed by atoms with E-state index in [2.05, 4.69) is 70.2 Å². The summed E-state index contributed by atoms with van der Waals surface area (Å²) in [6, 6.07) is 21.1. The molecule has 0 aliphatic carbocycles. The van der Waals surface area contributed by atoms with E-state index in [0.717, 1.165) is 49.7 Å². The molecule has 3 aromatic rings. The maximum Gasteiger partial charge on any atom is 0.408 e. The van der Waals surface area contributed by atoms with Gasteiger partial charge in [-0.15, -0.1) is 0 Å². The Morgan fingerprint density at radius 3 is 1.22 bits per heavy atom. The average molecular weight is 815 g/mol. The van der Waals surface area contributed by atoms with E-state index < -0.39 is 7.60 Å². The monoisotopic (exact) mass is 815 g/mol. The molecule has 3 aromatic carbocycles. The number of aryl methyl sites for hydroxylation is 4. The topological polar surface area (TPSA) is 46.5 Å². The van der Waals surface area contributed by atoms with Crippen molar-refractivity contribution in [2.24, 2.45) is 0 Å². The van der Waals surface area contributed by atoms with Crippen molar-refractivity contribution in [3.8, 4) is 16.9 Å². The number of hydrogen-bond acceptors (Lipinski definition) is 2. The molecular weight excluding hydrogens is 728 g/mol. The van der Waals surface area contributed by atoms with Crippen LogP contribution in [0.4, 0.5) is 0 Å². The molecule has 0 radical (unpaired) electrons. The van der Waals surface area contributed by atoms with Gasteiger partial charge in [-0.1, -0.05) is 224 Å². The second-order valence-corrected chi connectivity index (χ2v) is 19.3. The zero-order chi connectivity index (χ0) is 41.5. The van der Waals surface area contributed by atoms with Crippen molar-refractivity contribution in [3.63, 3.8) is 0 Å². The molecule has 1 atom stereocenters. The predicted octanol–water partition coefficient (Wildman–Crippen LogP) is 17.4. The van der Waals surface area contributed by atoms with Crippen LogP contribution in [0.2, 0.25) is 0 Å². The first-order valence-electron chi connectivity index (χ1n) is 24.8. The Morgan fingerprint density at radius 1 is 0.397 bits per heavy atom. The van der Waals surface area contributed by atoms with E-state index in [1.807, 2.05) is 18.2 Å². The van der Waals surface area contributed by atoms with Crippen LogP contribution < -0.4 is 9.83 Å². The second-order valence-electron chi connectivity index (χ2n) is 17.6. The third-order valence-electron chi connectivity index (χ3n) is 12.2.